The molecule has 1 aromatic heterocycles. The first-order valence-electron chi connectivity index (χ1n) is 8.59. The minimum absolute atomic E-state index is 0.0596. The van der Waals surface area contributed by atoms with E-state index in [4.69, 9.17) is 4.74 Å². The monoisotopic (exact) mass is 408 g/mol. The van der Waals surface area contributed by atoms with Crippen molar-refractivity contribution in [2.45, 2.75) is 52.3 Å². The lowest BCUT2D eigenvalue weighted by molar-refractivity contribution is -0.143. The SMILES string of the molecule is CC#CC(NC/C=N/OC(=O)CC)(NC(=O)OC(C)(C)C)C(=O)Nc1nnn[nH]1. The van der Waals surface area contributed by atoms with E-state index in [0.717, 1.165) is 0 Å². The fourth-order valence-electron chi connectivity index (χ4n) is 1.77. The Kier molecular flexibility index (Phi) is 8.69. The molecule has 158 valence electrons. The summed E-state index contributed by atoms with van der Waals surface area (Å²) in [6, 6.07) is 0. The van der Waals surface area contributed by atoms with E-state index in [1.807, 2.05) is 0 Å². The Labute approximate surface area is 167 Å². The lowest BCUT2D eigenvalue weighted by Gasteiger charge is -2.30. The highest BCUT2D eigenvalue weighted by atomic mass is 16.7. The molecular formula is C16H24N8O5. The van der Waals surface area contributed by atoms with Gasteiger partial charge in [0.2, 0.25) is 11.6 Å². The van der Waals surface area contributed by atoms with Crippen molar-refractivity contribution in [2.75, 3.05) is 11.9 Å². The molecule has 0 saturated carbocycles. The van der Waals surface area contributed by atoms with E-state index in [9.17, 15) is 14.4 Å². The zero-order valence-electron chi connectivity index (χ0n) is 16.8. The van der Waals surface area contributed by atoms with Gasteiger partial charge in [-0.2, -0.15) is 0 Å². The van der Waals surface area contributed by atoms with Crippen molar-refractivity contribution in [3.05, 3.63) is 0 Å². The van der Waals surface area contributed by atoms with Crippen LogP contribution in [0, 0.1) is 11.8 Å². The molecule has 0 bridgehead atoms. The summed E-state index contributed by atoms with van der Waals surface area (Å²) in [6.07, 6.45) is 0.455. The van der Waals surface area contributed by atoms with Crippen LogP contribution >= 0.6 is 0 Å². The van der Waals surface area contributed by atoms with Crippen molar-refractivity contribution in [1.82, 2.24) is 31.3 Å². The molecule has 0 fully saturated rings. The van der Waals surface area contributed by atoms with Gasteiger partial charge in [0.1, 0.15) is 5.60 Å². The summed E-state index contributed by atoms with van der Waals surface area (Å²) in [7, 11) is 0. The molecule has 0 radical (unpaired) electrons. The Hall–Kier alpha value is -3.53. The first kappa shape index (κ1) is 23.5. The fraction of sp³-hybridized carbons (Fsp3) is 0.562. The minimum atomic E-state index is -1.93. The van der Waals surface area contributed by atoms with Crippen LogP contribution < -0.4 is 16.0 Å². The third-order valence-electron chi connectivity index (χ3n) is 2.90. The molecule has 0 aliphatic heterocycles. The molecule has 0 aromatic carbocycles. The molecule has 1 atom stereocenters. The summed E-state index contributed by atoms with van der Waals surface area (Å²) in [5.74, 6) is 3.79. The van der Waals surface area contributed by atoms with Crippen LogP contribution in [0.2, 0.25) is 0 Å². The van der Waals surface area contributed by atoms with Crippen LogP contribution in [0.15, 0.2) is 5.16 Å². The molecule has 1 aromatic rings. The van der Waals surface area contributed by atoms with Gasteiger partial charge in [0.25, 0.3) is 5.91 Å². The lowest BCUT2D eigenvalue weighted by atomic mass is 10.1. The Morgan fingerprint density at radius 3 is 2.59 bits per heavy atom. The predicted octanol–water partition coefficient (Wildman–Crippen LogP) is -0.0889. The second-order valence-electron chi connectivity index (χ2n) is 6.44. The van der Waals surface area contributed by atoms with Crippen LogP contribution in [0.1, 0.15) is 41.0 Å². The molecular weight excluding hydrogens is 384 g/mol. The fourth-order valence-corrected chi connectivity index (χ4v) is 1.77. The molecule has 1 heterocycles. The summed E-state index contributed by atoms with van der Waals surface area (Å²) in [5.41, 5.74) is -2.73. The van der Waals surface area contributed by atoms with Crippen molar-refractivity contribution in [3.8, 4) is 11.8 Å². The van der Waals surface area contributed by atoms with Crippen molar-refractivity contribution in [1.29, 1.82) is 0 Å². The maximum absolute atomic E-state index is 12.9. The van der Waals surface area contributed by atoms with Gasteiger partial charge in [0, 0.05) is 13.0 Å². The Morgan fingerprint density at radius 2 is 2.03 bits per heavy atom. The molecule has 29 heavy (non-hydrogen) atoms. The molecule has 1 rings (SSSR count). The highest BCUT2D eigenvalue weighted by Gasteiger charge is 2.40. The number of carbonyl (C=O) groups is 3. The summed E-state index contributed by atoms with van der Waals surface area (Å²) >= 11 is 0. The van der Waals surface area contributed by atoms with Gasteiger partial charge in [-0.1, -0.05) is 17.2 Å². The number of hydrogen-bond donors (Lipinski definition) is 4. The highest BCUT2D eigenvalue weighted by molar-refractivity contribution is 6.01. The van der Waals surface area contributed by atoms with E-state index in [1.165, 1.54) is 13.1 Å². The number of rotatable bonds is 8. The van der Waals surface area contributed by atoms with Crippen molar-refractivity contribution in [2.24, 2.45) is 5.16 Å². The minimum Gasteiger partial charge on any atom is -0.444 e. The van der Waals surface area contributed by atoms with Crippen LogP contribution in [0.4, 0.5) is 10.7 Å². The normalized spacial score (nSPS) is 13.0. The largest absolute Gasteiger partial charge is 0.444 e. The number of hydrogen-bond acceptors (Lipinski definition) is 10. The van der Waals surface area contributed by atoms with E-state index in [0.29, 0.717) is 0 Å². The van der Waals surface area contributed by atoms with E-state index in [2.05, 4.69) is 58.4 Å². The summed E-state index contributed by atoms with van der Waals surface area (Å²) in [6.45, 7) is 8.01. The number of alkyl carbamates (subject to hydrolysis) is 1. The molecule has 2 amide bonds. The van der Waals surface area contributed by atoms with E-state index in [-0.39, 0.29) is 18.9 Å². The van der Waals surface area contributed by atoms with Crippen molar-refractivity contribution < 1.29 is 24.0 Å². The van der Waals surface area contributed by atoms with Crippen LogP contribution in [0.3, 0.4) is 0 Å². The average Bonchev–Trinajstić information content (AvgIpc) is 3.12. The second-order valence-corrected chi connectivity index (χ2v) is 6.44. The number of nitrogens with one attached hydrogen (secondary N) is 4. The molecule has 0 saturated heterocycles. The van der Waals surface area contributed by atoms with Gasteiger partial charge in [-0.05, 0) is 44.0 Å². The predicted molar refractivity (Wildman–Crippen MR) is 101 cm³/mol. The number of tetrazole rings is 1. The smallest absolute Gasteiger partial charge is 0.410 e. The van der Waals surface area contributed by atoms with E-state index in [1.54, 1.807) is 27.7 Å². The van der Waals surface area contributed by atoms with Gasteiger partial charge in [-0.3, -0.25) is 20.7 Å². The molecule has 1 unspecified atom stereocenters. The molecule has 13 heteroatoms. The van der Waals surface area contributed by atoms with Crippen molar-refractivity contribution >= 4 is 30.1 Å². The van der Waals surface area contributed by atoms with Gasteiger partial charge in [-0.15, -0.1) is 5.92 Å². The molecule has 0 spiro atoms. The third kappa shape index (κ3) is 8.35. The highest BCUT2D eigenvalue weighted by Crippen LogP contribution is 2.10. The topological polar surface area (TPSA) is 173 Å². The molecule has 13 nitrogen and oxygen atoms in total. The number of nitrogens with zero attached hydrogens (tertiary/aromatic N) is 4. The number of oxime groups is 1. The molecule has 4 N–H and O–H groups in total. The van der Waals surface area contributed by atoms with E-state index < -0.39 is 29.2 Å². The number of H-pyrrole nitrogens is 1. The van der Waals surface area contributed by atoms with Gasteiger partial charge in [0.05, 0.1) is 6.21 Å². The Balaban J connectivity index is 3.03. The number of amides is 2. The first-order chi connectivity index (χ1) is 13.6. The second kappa shape index (κ2) is 10.7. The maximum Gasteiger partial charge on any atom is 0.410 e. The molecule has 0 aliphatic rings. The summed E-state index contributed by atoms with van der Waals surface area (Å²) < 4.78 is 5.21. The quantitative estimate of drug-likeness (QED) is 0.151. The zero-order chi connectivity index (χ0) is 21.9. The number of aromatic nitrogens is 4. The van der Waals surface area contributed by atoms with Crippen molar-refractivity contribution in [3.63, 3.8) is 0 Å². The van der Waals surface area contributed by atoms with Gasteiger partial charge < -0.3 is 9.57 Å². The standard InChI is InChI=1S/C16H24N8O5/c1-6-8-16(20-14(27)28-15(3,4)5,12(26)19-13-21-23-24-22-13)17-9-10-18-29-11(25)7-2/h10,17H,7,9H2,1-5H3,(H,20,27)(H2,19,21,22,23,24,26)/b18-10+. The van der Waals surface area contributed by atoms with Crippen LogP contribution in [0.25, 0.3) is 0 Å². The number of aromatic amines is 1. The third-order valence-corrected chi connectivity index (χ3v) is 2.90. The van der Waals surface area contributed by atoms with Crippen LogP contribution in [-0.2, 0) is 19.2 Å². The Bertz CT molecular complexity index is 790. The van der Waals surface area contributed by atoms with Gasteiger partial charge in [-0.25, -0.2) is 14.7 Å². The van der Waals surface area contributed by atoms with Crippen LogP contribution in [0.5, 0.6) is 0 Å². The van der Waals surface area contributed by atoms with Crippen LogP contribution in [-0.4, -0.2) is 62.6 Å². The Morgan fingerprint density at radius 1 is 1.31 bits per heavy atom. The van der Waals surface area contributed by atoms with Gasteiger partial charge in [0.15, 0.2) is 0 Å². The maximum atomic E-state index is 12.9. The average molecular weight is 408 g/mol. The number of ether oxygens (including phenoxy) is 1. The zero-order valence-corrected chi connectivity index (χ0v) is 16.8. The lowest BCUT2D eigenvalue weighted by Crippen LogP contribution is -2.66. The number of carbonyl (C=O) groups excluding carboxylic acids is 3. The number of anilines is 1. The molecule has 0 aliphatic carbocycles. The first-order valence-corrected chi connectivity index (χ1v) is 8.59. The summed E-state index contributed by atoms with van der Waals surface area (Å²) in [5, 5.41) is 23.6. The van der Waals surface area contributed by atoms with E-state index >= 15 is 0 Å². The summed E-state index contributed by atoms with van der Waals surface area (Å²) in [4.78, 5) is 40.8. The van der Waals surface area contributed by atoms with Gasteiger partial charge >= 0.3 is 12.1 Å².